The number of benzene rings is 1. The van der Waals surface area contributed by atoms with E-state index in [9.17, 15) is 0 Å². The van der Waals surface area contributed by atoms with E-state index in [1.54, 1.807) is 0 Å². The Balaban J connectivity index is 0.00000264. The standard InChI is InChI=1S/C16H25ClN4O.HI/c1-12(2)20-16(18)19-11-15(21-6-8-22-9-7-21)13-4-3-5-14(17)10-13;/h3-5,10,12,15H,6-9,11H2,1-2H3,(H3,18,19,20);1H. The summed E-state index contributed by atoms with van der Waals surface area (Å²) in [5, 5.41) is 3.87. The Morgan fingerprint density at radius 1 is 1.39 bits per heavy atom. The lowest BCUT2D eigenvalue weighted by Crippen LogP contribution is -2.41. The van der Waals surface area contributed by atoms with Crippen LogP contribution in [-0.4, -0.2) is 49.7 Å². The molecule has 1 atom stereocenters. The van der Waals surface area contributed by atoms with E-state index >= 15 is 0 Å². The first kappa shape index (κ1) is 20.5. The first-order valence-corrected chi connectivity index (χ1v) is 8.08. The maximum Gasteiger partial charge on any atom is 0.188 e. The van der Waals surface area contributed by atoms with Crippen LogP contribution < -0.4 is 11.1 Å². The summed E-state index contributed by atoms with van der Waals surface area (Å²) < 4.78 is 5.45. The fourth-order valence-electron chi connectivity index (χ4n) is 2.56. The predicted octanol–water partition coefficient (Wildman–Crippen LogP) is 2.64. The van der Waals surface area contributed by atoms with Gasteiger partial charge in [0.25, 0.3) is 0 Å². The summed E-state index contributed by atoms with van der Waals surface area (Å²) >= 11 is 6.14. The van der Waals surface area contributed by atoms with Crippen molar-refractivity contribution in [1.82, 2.24) is 10.2 Å². The van der Waals surface area contributed by atoms with Crippen LogP contribution in [0.25, 0.3) is 0 Å². The molecule has 1 unspecified atom stereocenters. The molecule has 0 spiro atoms. The second-order valence-corrected chi connectivity index (χ2v) is 6.18. The molecule has 2 rings (SSSR count). The summed E-state index contributed by atoms with van der Waals surface area (Å²) in [6, 6.07) is 8.40. The Labute approximate surface area is 160 Å². The van der Waals surface area contributed by atoms with Crippen LogP contribution in [-0.2, 0) is 4.74 Å². The minimum absolute atomic E-state index is 0. The summed E-state index contributed by atoms with van der Waals surface area (Å²) in [6.45, 7) is 7.97. The molecule has 1 fully saturated rings. The average molecular weight is 453 g/mol. The van der Waals surface area contributed by atoms with Crippen molar-refractivity contribution < 1.29 is 4.74 Å². The molecule has 0 aromatic heterocycles. The molecular weight excluding hydrogens is 427 g/mol. The van der Waals surface area contributed by atoms with Gasteiger partial charge < -0.3 is 15.8 Å². The van der Waals surface area contributed by atoms with Crippen LogP contribution in [0, 0.1) is 0 Å². The minimum atomic E-state index is 0. The molecule has 1 aliphatic heterocycles. The van der Waals surface area contributed by atoms with Crippen molar-refractivity contribution in [3.05, 3.63) is 34.9 Å². The van der Waals surface area contributed by atoms with Crippen LogP contribution in [0.15, 0.2) is 29.3 Å². The Morgan fingerprint density at radius 2 is 2.09 bits per heavy atom. The van der Waals surface area contributed by atoms with Crippen molar-refractivity contribution in [2.45, 2.75) is 25.9 Å². The van der Waals surface area contributed by atoms with Crippen molar-refractivity contribution in [3.63, 3.8) is 0 Å². The van der Waals surface area contributed by atoms with Gasteiger partial charge in [0.05, 0.1) is 25.8 Å². The zero-order valence-electron chi connectivity index (χ0n) is 13.7. The number of guanidine groups is 1. The van der Waals surface area contributed by atoms with E-state index in [0.29, 0.717) is 12.5 Å². The van der Waals surface area contributed by atoms with Gasteiger partial charge in [0.1, 0.15) is 0 Å². The van der Waals surface area contributed by atoms with Gasteiger partial charge in [-0.15, -0.1) is 24.0 Å². The lowest BCUT2D eigenvalue weighted by atomic mass is 10.0. The fraction of sp³-hybridized carbons (Fsp3) is 0.562. The molecule has 0 saturated carbocycles. The summed E-state index contributed by atoms with van der Waals surface area (Å²) in [5.74, 6) is 0.482. The quantitative estimate of drug-likeness (QED) is 0.410. The summed E-state index contributed by atoms with van der Waals surface area (Å²) in [7, 11) is 0. The molecule has 0 aliphatic carbocycles. The Morgan fingerprint density at radius 3 is 2.70 bits per heavy atom. The van der Waals surface area contributed by atoms with Gasteiger partial charge in [-0.2, -0.15) is 0 Å². The van der Waals surface area contributed by atoms with Crippen LogP contribution in [0.5, 0.6) is 0 Å². The van der Waals surface area contributed by atoms with E-state index in [0.717, 1.165) is 36.9 Å². The van der Waals surface area contributed by atoms with Gasteiger partial charge in [0.15, 0.2) is 5.96 Å². The Kier molecular flexibility index (Phi) is 9.19. The van der Waals surface area contributed by atoms with Crippen molar-refractivity contribution in [2.75, 3.05) is 32.8 Å². The van der Waals surface area contributed by atoms with E-state index < -0.39 is 0 Å². The highest BCUT2D eigenvalue weighted by Crippen LogP contribution is 2.24. The van der Waals surface area contributed by atoms with Gasteiger partial charge in [-0.1, -0.05) is 23.7 Å². The number of ether oxygens (including phenoxy) is 1. The lowest BCUT2D eigenvalue weighted by Gasteiger charge is -2.34. The fourth-order valence-corrected chi connectivity index (χ4v) is 2.76. The molecule has 1 heterocycles. The van der Waals surface area contributed by atoms with Crippen LogP contribution in [0.3, 0.4) is 0 Å². The number of nitrogens with zero attached hydrogens (tertiary/aromatic N) is 2. The highest BCUT2D eigenvalue weighted by atomic mass is 127. The third kappa shape index (κ3) is 6.82. The molecule has 1 saturated heterocycles. The highest BCUT2D eigenvalue weighted by molar-refractivity contribution is 14.0. The topological polar surface area (TPSA) is 62.9 Å². The predicted molar refractivity (Wildman–Crippen MR) is 107 cm³/mol. The van der Waals surface area contributed by atoms with Crippen molar-refractivity contribution in [3.8, 4) is 0 Å². The molecule has 0 amide bonds. The highest BCUT2D eigenvalue weighted by Gasteiger charge is 2.22. The number of rotatable bonds is 5. The van der Waals surface area contributed by atoms with E-state index in [-0.39, 0.29) is 36.1 Å². The second-order valence-electron chi connectivity index (χ2n) is 5.74. The number of hydrogen-bond acceptors (Lipinski definition) is 3. The first-order valence-electron chi connectivity index (χ1n) is 7.70. The largest absolute Gasteiger partial charge is 0.379 e. The summed E-state index contributed by atoms with van der Waals surface area (Å²) in [5.41, 5.74) is 7.09. The minimum Gasteiger partial charge on any atom is -0.379 e. The molecule has 0 radical (unpaired) electrons. The van der Waals surface area contributed by atoms with E-state index in [2.05, 4.69) is 21.3 Å². The van der Waals surface area contributed by atoms with Crippen molar-refractivity contribution in [2.24, 2.45) is 10.7 Å². The molecule has 3 N–H and O–H groups in total. The van der Waals surface area contributed by atoms with Crippen LogP contribution >= 0.6 is 35.6 Å². The first-order chi connectivity index (χ1) is 10.6. The Hall–Kier alpha value is -0.570. The SMILES string of the molecule is CC(C)NC(N)=NCC(c1cccc(Cl)c1)N1CCOCC1.I. The summed E-state index contributed by atoms with van der Waals surface area (Å²) in [4.78, 5) is 6.88. The number of nitrogens with two attached hydrogens (primary N) is 1. The van der Waals surface area contributed by atoms with Gasteiger partial charge in [-0.25, -0.2) is 0 Å². The van der Waals surface area contributed by atoms with Gasteiger partial charge in [-0.05, 0) is 31.5 Å². The molecule has 23 heavy (non-hydrogen) atoms. The van der Waals surface area contributed by atoms with Gasteiger partial charge in [-0.3, -0.25) is 9.89 Å². The molecule has 1 aromatic rings. The zero-order valence-corrected chi connectivity index (χ0v) is 16.8. The van der Waals surface area contributed by atoms with Gasteiger partial charge in [0, 0.05) is 24.2 Å². The van der Waals surface area contributed by atoms with Crippen molar-refractivity contribution >= 4 is 41.5 Å². The average Bonchev–Trinajstić information content (AvgIpc) is 2.48. The van der Waals surface area contributed by atoms with Gasteiger partial charge >= 0.3 is 0 Å². The van der Waals surface area contributed by atoms with Crippen LogP contribution in [0.2, 0.25) is 5.02 Å². The maximum absolute atomic E-state index is 6.14. The number of halogens is 2. The zero-order chi connectivity index (χ0) is 15.9. The maximum atomic E-state index is 6.14. The monoisotopic (exact) mass is 452 g/mol. The van der Waals surface area contributed by atoms with E-state index in [1.165, 1.54) is 0 Å². The molecule has 1 aliphatic rings. The van der Waals surface area contributed by atoms with Crippen LogP contribution in [0.4, 0.5) is 0 Å². The number of hydrogen-bond donors (Lipinski definition) is 2. The van der Waals surface area contributed by atoms with Crippen molar-refractivity contribution in [1.29, 1.82) is 0 Å². The molecule has 7 heteroatoms. The van der Waals surface area contributed by atoms with Gasteiger partial charge in [0.2, 0.25) is 0 Å². The third-order valence-corrected chi connectivity index (χ3v) is 3.83. The lowest BCUT2D eigenvalue weighted by molar-refractivity contribution is 0.0180. The Bertz CT molecular complexity index is 507. The normalized spacial score (nSPS) is 17.7. The molecule has 130 valence electrons. The van der Waals surface area contributed by atoms with E-state index in [1.807, 2.05) is 32.0 Å². The summed E-state index contributed by atoms with van der Waals surface area (Å²) in [6.07, 6.45) is 0. The smallest absolute Gasteiger partial charge is 0.188 e. The second kappa shape index (κ2) is 10.3. The van der Waals surface area contributed by atoms with Crippen LogP contribution in [0.1, 0.15) is 25.5 Å². The molecular formula is C16H26ClIN4O. The number of nitrogens with one attached hydrogen (secondary N) is 1. The number of aliphatic imine (C=N–C) groups is 1. The molecule has 1 aromatic carbocycles. The van der Waals surface area contributed by atoms with E-state index in [4.69, 9.17) is 22.1 Å². The third-order valence-electron chi connectivity index (χ3n) is 3.59. The number of morpholine rings is 1. The molecule has 5 nitrogen and oxygen atoms in total. The molecule has 0 bridgehead atoms.